The van der Waals surface area contributed by atoms with Crippen molar-refractivity contribution < 1.29 is 4.79 Å². The molecule has 1 aromatic heterocycles. The minimum absolute atomic E-state index is 0.101. The number of aromatic nitrogens is 1. The number of rotatable bonds is 5. The predicted octanol–water partition coefficient (Wildman–Crippen LogP) is 4.61. The predicted molar refractivity (Wildman–Crippen MR) is 101 cm³/mol. The van der Waals surface area contributed by atoms with E-state index in [4.69, 9.17) is 5.73 Å². The summed E-state index contributed by atoms with van der Waals surface area (Å²) in [6.07, 6.45) is 2.68. The summed E-state index contributed by atoms with van der Waals surface area (Å²) >= 11 is 0. The van der Waals surface area contributed by atoms with Gasteiger partial charge in [-0.1, -0.05) is 58.0 Å². The summed E-state index contributed by atoms with van der Waals surface area (Å²) in [5, 5.41) is 0. The van der Waals surface area contributed by atoms with Crippen LogP contribution >= 0.6 is 0 Å². The van der Waals surface area contributed by atoms with Crippen LogP contribution in [0.2, 0.25) is 0 Å². The Kier molecular flexibility index (Phi) is 5.02. The molecule has 0 bridgehead atoms. The quantitative estimate of drug-likeness (QED) is 0.802. The Bertz CT molecular complexity index is 759. The molecule has 0 saturated heterocycles. The highest BCUT2D eigenvalue weighted by Gasteiger charge is 2.23. The molecule has 0 unspecified atom stereocenters. The van der Waals surface area contributed by atoms with Crippen molar-refractivity contribution in [2.24, 2.45) is 5.73 Å². The van der Waals surface area contributed by atoms with E-state index in [2.05, 4.69) is 63.1 Å². The lowest BCUT2D eigenvalue weighted by molar-refractivity contribution is 0.1000. The smallest absolute Gasteiger partial charge is 0.251 e. The highest BCUT2D eigenvalue weighted by atomic mass is 16.1. The average Bonchev–Trinajstić information content (AvgIpc) is 2.79. The Labute approximate surface area is 145 Å². The van der Waals surface area contributed by atoms with Crippen molar-refractivity contribution in [1.29, 1.82) is 0 Å². The molecule has 2 N–H and O–H groups in total. The van der Waals surface area contributed by atoms with Crippen molar-refractivity contribution in [2.45, 2.75) is 53.0 Å². The summed E-state index contributed by atoms with van der Waals surface area (Å²) < 4.78 is 2.14. The molecule has 128 valence electrons. The molecule has 0 aliphatic rings. The molecule has 0 spiro atoms. The number of nitrogens with two attached hydrogens (primary N) is 1. The van der Waals surface area contributed by atoms with Crippen LogP contribution in [-0.2, 0) is 18.4 Å². The zero-order chi connectivity index (χ0) is 18.1. The third kappa shape index (κ3) is 3.16. The monoisotopic (exact) mass is 324 g/mol. The number of hydrogen-bond acceptors (Lipinski definition) is 1. The van der Waals surface area contributed by atoms with Gasteiger partial charge in [0, 0.05) is 23.5 Å². The highest BCUT2D eigenvalue weighted by Crippen LogP contribution is 2.34. The molecule has 3 heteroatoms. The first-order valence-electron chi connectivity index (χ1n) is 8.45. The Hall–Kier alpha value is -2.29. The fourth-order valence-electron chi connectivity index (χ4n) is 3.29. The maximum atomic E-state index is 12.1. The van der Waals surface area contributed by atoms with Gasteiger partial charge in [0.15, 0.2) is 0 Å². The highest BCUT2D eigenvalue weighted by molar-refractivity contribution is 6.02. The maximum Gasteiger partial charge on any atom is 0.251 e. The summed E-state index contributed by atoms with van der Waals surface area (Å²) in [5.41, 5.74) is 11.7. The van der Waals surface area contributed by atoms with Crippen molar-refractivity contribution in [1.82, 2.24) is 4.57 Å². The fourth-order valence-corrected chi connectivity index (χ4v) is 3.29. The number of benzene rings is 1. The van der Waals surface area contributed by atoms with Crippen LogP contribution in [0, 0.1) is 6.92 Å². The molecular formula is C21H28N2O. The normalized spacial score (nSPS) is 11.5. The summed E-state index contributed by atoms with van der Waals surface area (Å²) in [7, 11) is 0. The van der Waals surface area contributed by atoms with Crippen LogP contribution in [0.25, 0.3) is 11.1 Å². The number of hydrogen-bond donors (Lipinski definition) is 1. The van der Waals surface area contributed by atoms with Crippen molar-refractivity contribution in [2.75, 3.05) is 0 Å². The van der Waals surface area contributed by atoms with Crippen LogP contribution in [0.3, 0.4) is 0 Å². The molecule has 2 rings (SSSR count). The molecule has 0 fully saturated rings. The Morgan fingerprint density at radius 2 is 1.83 bits per heavy atom. The molecule has 1 aromatic carbocycles. The van der Waals surface area contributed by atoms with E-state index in [1.54, 1.807) is 0 Å². The second kappa shape index (κ2) is 6.68. The van der Waals surface area contributed by atoms with Crippen LogP contribution < -0.4 is 5.73 Å². The molecule has 0 saturated carbocycles. The van der Waals surface area contributed by atoms with Crippen LogP contribution in [0.1, 0.15) is 55.0 Å². The zero-order valence-electron chi connectivity index (χ0n) is 15.4. The topological polar surface area (TPSA) is 48.0 Å². The van der Waals surface area contributed by atoms with Crippen LogP contribution in [0.15, 0.2) is 36.9 Å². The van der Waals surface area contributed by atoms with E-state index < -0.39 is 0 Å². The van der Waals surface area contributed by atoms with Gasteiger partial charge >= 0.3 is 0 Å². The van der Waals surface area contributed by atoms with Gasteiger partial charge in [0.25, 0.3) is 5.91 Å². The Morgan fingerprint density at radius 3 is 2.25 bits per heavy atom. The maximum absolute atomic E-state index is 12.1. The second-order valence-corrected chi connectivity index (χ2v) is 7.23. The van der Waals surface area contributed by atoms with Gasteiger partial charge in [0.2, 0.25) is 0 Å². The van der Waals surface area contributed by atoms with E-state index in [0.29, 0.717) is 12.1 Å². The number of nitrogens with zero attached hydrogens (tertiary/aromatic N) is 1. The summed E-state index contributed by atoms with van der Waals surface area (Å²) in [6, 6.07) is 8.47. The van der Waals surface area contributed by atoms with Gasteiger partial charge in [-0.15, -0.1) is 6.58 Å². The van der Waals surface area contributed by atoms with E-state index in [1.165, 1.54) is 5.56 Å². The molecule has 1 heterocycles. The molecule has 1 amide bonds. The summed E-state index contributed by atoms with van der Waals surface area (Å²) in [6.45, 7) is 15.1. The van der Waals surface area contributed by atoms with Crippen LogP contribution in [0.5, 0.6) is 0 Å². The first-order valence-corrected chi connectivity index (χ1v) is 8.45. The van der Waals surface area contributed by atoms with Crippen LogP contribution in [0.4, 0.5) is 0 Å². The first kappa shape index (κ1) is 18.1. The molecule has 3 nitrogen and oxygen atoms in total. The van der Waals surface area contributed by atoms with E-state index in [9.17, 15) is 4.79 Å². The lowest BCUT2D eigenvalue weighted by Crippen LogP contribution is -2.13. The molecular weight excluding hydrogens is 296 g/mol. The molecule has 0 aliphatic carbocycles. The van der Waals surface area contributed by atoms with Gasteiger partial charge in [-0.3, -0.25) is 4.79 Å². The van der Waals surface area contributed by atoms with E-state index in [0.717, 1.165) is 28.9 Å². The molecule has 24 heavy (non-hydrogen) atoms. The van der Waals surface area contributed by atoms with E-state index >= 15 is 0 Å². The minimum Gasteiger partial charge on any atom is -0.366 e. The summed E-state index contributed by atoms with van der Waals surface area (Å²) in [5.74, 6) is -0.375. The third-order valence-corrected chi connectivity index (χ3v) is 4.56. The van der Waals surface area contributed by atoms with E-state index in [1.807, 2.05) is 13.0 Å². The SMILES string of the molecule is C=CCn1c(C)c(C(N)=O)c(-c2ccc(C(C)(C)C)cc2)c1CC. The summed E-state index contributed by atoms with van der Waals surface area (Å²) in [4.78, 5) is 12.1. The largest absolute Gasteiger partial charge is 0.366 e. The number of allylic oxidation sites excluding steroid dienone is 1. The molecule has 0 radical (unpaired) electrons. The van der Waals surface area contributed by atoms with Crippen LogP contribution in [-0.4, -0.2) is 10.5 Å². The van der Waals surface area contributed by atoms with Crippen molar-refractivity contribution in [3.8, 4) is 11.1 Å². The van der Waals surface area contributed by atoms with Gasteiger partial charge in [0.1, 0.15) is 0 Å². The lowest BCUT2D eigenvalue weighted by atomic mass is 9.86. The second-order valence-electron chi connectivity index (χ2n) is 7.23. The van der Waals surface area contributed by atoms with Crippen molar-refractivity contribution >= 4 is 5.91 Å². The molecule has 0 atom stereocenters. The lowest BCUT2D eigenvalue weighted by Gasteiger charge is -2.19. The van der Waals surface area contributed by atoms with Gasteiger partial charge in [-0.2, -0.15) is 0 Å². The Balaban J connectivity index is 2.70. The molecule has 2 aromatic rings. The number of primary amides is 1. The number of amides is 1. The number of carbonyl (C=O) groups excluding carboxylic acids is 1. The van der Waals surface area contributed by atoms with Gasteiger partial charge in [-0.05, 0) is 29.9 Å². The van der Waals surface area contributed by atoms with Crippen molar-refractivity contribution in [3.05, 3.63) is 59.4 Å². The standard InChI is InChI=1S/C21H28N2O/c1-7-13-23-14(3)18(20(22)24)19(17(23)8-2)15-9-11-16(12-10-15)21(4,5)6/h7,9-12H,1,8,13H2,2-6H3,(H2,22,24). The van der Waals surface area contributed by atoms with Crippen molar-refractivity contribution in [3.63, 3.8) is 0 Å². The third-order valence-electron chi connectivity index (χ3n) is 4.56. The molecule has 0 aliphatic heterocycles. The minimum atomic E-state index is -0.375. The first-order chi connectivity index (χ1) is 11.2. The van der Waals surface area contributed by atoms with E-state index in [-0.39, 0.29) is 11.3 Å². The average molecular weight is 324 g/mol. The Morgan fingerprint density at radius 1 is 1.25 bits per heavy atom. The fraction of sp³-hybridized carbons (Fsp3) is 0.381. The van der Waals surface area contributed by atoms with Gasteiger partial charge < -0.3 is 10.3 Å². The van der Waals surface area contributed by atoms with Gasteiger partial charge in [-0.25, -0.2) is 0 Å². The van der Waals surface area contributed by atoms with Gasteiger partial charge in [0.05, 0.1) is 5.56 Å². The number of carbonyl (C=O) groups is 1. The zero-order valence-corrected chi connectivity index (χ0v) is 15.4.